The Kier molecular flexibility index (Phi) is 7.95. The van der Waals surface area contributed by atoms with E-state index < -0.39 is 0 Å². The lowest BCUT2D eigenvalue weighted by molar-refractivity contribution is 0.357. The molecule has 0 heteroatoms. The summed E-state index contributed by atoms with van der Waals surface area (Å²) in [4.78, 5) is 0. The Bertz CT molecular complexity index is 287. The van der Waals surface area contributed by atoms with Crippen LogP contribution in [0.25, 0.3) is 0 Å². The van der Waals surface area contributed by atoms with Crippen molar-refractivity contribution in [1.29, 1.82) is 0 Å². The first-order valence-corrected chi connectivity index (χ1v) is 6.95. The summed E-state index contributed by atoms with van der Waals surface area (Å²) < 4.78 is 0. The summed E-state index contributed by atoms with van der Waals surface area (Å²) in [6.45, 7) is 13.4. The van der Waals surface area contributed by atoms with Crippen molar-refractivity contribution < 1.29 is 0 Å². The molecule has 0 spiro atoms. The summed E-state index contributed by atoms with van der Waals surface area (Å²) in [6.07, 6.45) is 13.9. The van der Waals surface area contributed by atoms with E-state index in [1.165, 1.54) is 36.8 Å². The Morgan fingerprint density at radius 1 is 1.18 bits per heavy atom. The fraction of sp³-hybridized carbons (Fsp3) is 0.647. The molecule has 98 valence electrons. The van der Waals surface area contributed by atoms with Crippen LogP contribution in [-0.4, -0.2) is 0 Å². The molecule has 0 nitrogen and oxygen atoms in total. The molecule has 0 rings (SSSR count). The minimum Gasteiger partial charge on any atom is -0.0847 e. The summed E-state index contributed by atoms with van der Waals surface area (Å²) >= 11 is 0. The van der Waals surface area contributed by atoms with E-state index in [9.17, 15) is 0 Å². The van der Waals surface area contributed by atoms with Crippen molar-refractivity contribution in [2.45, 2.75) is 67.2 Å². The van der Waals surface area contributed by atoms with Crippen LogP contribution in [0.4, 0.5) is 0 Å². The molecule has 0 amide bonds. The average molecular weight is 234 g/mol. The largest absolute Gasteiger partial charge is 0.0847 e. The molecular weight excluding hydrogens is 204 g/mol. The summed E-state index contributed by atoms with van der Waals surface area (Å²) in [7, 11) is 0. The first-order valence-electron chi connectivity index (χ1n) is 6.95. The minimum atomic E-state index is 0.434. The molecular formula is C17H30. The van der Waals surface area contributed by atoms with Gasteiger partial charge in [-0.1, -0.05) is 70.4 Å². The lowest BCUT2D eigenvalue weighted by Gasteiger charge is -2.19. The summed E-state index contributed by atoms with van der Waals surface area (Å²) in [5.41, 5.74) is 3.24. The maximum Gasteiger partial charge on any atom is -0.0282 e. The van der Waals surface area contributed by atoms with E-state index in [2.05, 4.69) is 65.8 Å². The smallest absolute Gasteiger partial charge is 0.0282 e. The minimum absolute atomic E-state index is 0.434. The monoisotopic (exact) mass is 234 g/mol. The van der Waals surface area contributed by atoms with Crippen LogP contribution in [0.2, 0.25) is 0 Å². The first-order chi connectivity index (χ1) is 7.95. The van der Waals surface area contributed by atoms with Crippen molar-refractivity contribution in [1.82, 2.24) is 0 Å². The Labute approximate surface area is 109 Å². The molecule has 0 fully saturated rings. The van der Waals surface area contributed by atoms with Crippen LogP contribution < -0.4 is 0 Å². The SMILES string of the molecule is C\C=C(C)/C=C(/C=C\CC(C)(C)CC)CCC. The van der Waals surface area contributed by atoms with Crippen LogP contribution in [0.15, 0.2) is 35.5 Å². The van der Waals surface area contributed by atoms with Gasteiger partial charge in [-0.2, -0.15) is 0 Å². The summed E-state index contributed by atoms with van der Waals surface area (Å²) in [5.74, 6) is 0. The van der Waals surface area contributed by atoms with E-state index >= 15 is 0 Å². The van der Waals surface area contributed by atoms with Gasteiger partial charge in [0.05, 0.1) is 0 Å². The Morgan fingerprint density at radius 3 is 2.29 bits per heavy atom. The van der Waals surface area contributed by atoms with Gasteiger partial charge in [-0.25, -0.2) is 0 Å². The highest BCUT2D eigenvalue weighted by Crippen LogP contribution is 2.25. The van der Waals surface area contributed by atoms with E-state index in [4.69, 9.17) is 0 Å². The molecule has 0 saturated heterocycles. The molecule has 0 radical (unpaired) electrons. The molecule has 0 aliphatic rings. The van der Waals surface area contributed by atoms with Crippen LogP contribution >= 0.6 is 0 Å². The predicted molar refractivity (Wildman–Crippen MR) is 80.3 cm³/mol. The van der Waals surface area contributed by atoms with Gasteiger partial charge in [-0.05, 0) is 37.7 Å². The summed E-state index contributed by atoms with van der Waals surface area (Å²) in [6, 6.07) is 0. The molecule has 0 saturated carbocycles. The third kappa shape index (κ3) is 8.01. The van der Waals surface area contributed by atoms with E-state index in [0.29, 0.717) is 5.41 Å². The second-order valence-corrected chi connectivity index (χ2v) is 5.63. The van der Waals surface area contributed by atoms with Crippen molar-refractivity contribution in [2.75, 3.05) is 0 Å². The van der Waals surface area contributed by atoms with Crippen LogP contribution in [0.3, 0.4) is 0 Å². The molecule has 0 aromatic rings. The van der Waals surface area contributed by atoms with Gasteiger partial charge >= 0.3 is 0 Å². The topological polar surface area (TPSA) is 0 Å². The Hall–Kier alpha value is -0.780. The van der Waals surface area contributed by atoms with Crippen molar-refractivity contribution in [3.63, 3.8) is 0 Å². The van der Waals surface area contributed by atoms with Crippen LogP contribution in [0.1, 0.15) is 67.2 Å². The quantitative estimate of drug-likeness (QED) is 0.469. The average Bonchev–Trinajstić information content (AvgIpc) is 2.29. The van der Waals surface area contributed by atoms with Gasteiger partial charge < -0.3 is 0 Å². The highest BCUT2D eigenvalue weighted by molar-refractivity contribution is 5.28. The number of allylic oxidation sites excluding steroid dienone is 6. The maximum absolute atomic E-state index is 2.34. The molecule has 0 aromatic heterocycles. The van der Waals surface area contributed by atoms with Crippen molar-refractivity contribution in [2.24, 2.45) is 5.41 Å². The molecule has 17 heavy (non-hydrogen) atoms. The molecule has 0 aliphatic carbocycles. The van der Waals surface area contributed by atoms with Gasteiger partial charge in [-0.3, -0.25) is 0 Å². The first kappa shape index (κ1) is 16.2. The third-order valence-corrected chi connectivity index (χ3v) is 3.37. The van der Waals surface area contributed by atoms with Gasteiger partial charge in [-0.15, -0.1) is 0 Å². The Morgan fingerprint density at radius 2 is 1.82 bits per heavy atom. The van der Waals surface area contributed by atoms with Crippen LogP contribution in [0, 0.1) is 5.41 Å². The van der Waals surface area contributed by atoms with E-state index in [1.54, 1.807) is 0 Å². The third-order valence-electron chi connectivity index (χ3n) is 3.37. The van der Waals surface area contributed by atoms with Crippen molar-refractivity contribution >= 4 is 0 Å². The normalized spacial score (nSPS) is 14.7. The number of rotatable bonds is 7. The molecule has 0 heterocycles. The van der Waals surface area contributed by atoms with Gasteiger partial charge in [0.15, 0.2) is 0 Å². The highest BCUT2D eigenvalue weighted by Gasteiger charge is 2.11. The maximum atomic E-state index is 2.34. The van der Waals surface area contributed by atoms with Gasteiger partial charge in [0.1, 0.15) is 0 Å². The molecule has 0 aliphatic heterocycles. The standard InChI is InChI=1S/C17H30/c1-7-11-16(14-15(4)8-2)12-10-13-17(5,6)9-3/h8,10,12,14H,7,9,11,13H2,1-6H3/b12-10-,15-8-,16-14+. The predicted octanol–water partition coefficient (Wildman–Crippen LogP) is 6.06. The molecule has 0 atom stereocenters. The van der Waals surface area contributed by atoms with Gasteiger partial charge in [0.2, 0.25) is 0 Å². The zero-order chi connectivity index (χ0) is 13.3. The Balaban J connectivity index is 4.56. The molecule has 0 bridgehead atoms. The zero-order valence-corrected chi connectivity index (χ0v) is 12.6. The lowest BCUT2D eigenvalue weighted by atomic mass is 9.86. The molecule has 0 N–H and O–H groups in total. The molecule has 0 aromatic carbocycles. The fourth-order valence-electron chi connectivity index (χ4n) is 1.54. The highest BCUT2D eigenvalue weighted by atomic mass is 14.2. The number of hydrogen-bond acceptors (Lipinski definition) is 0. The van der Waals surface area contributed by atoms with Gasteiger partial charge in [0.25, 0.3) is 0 Å². The summed E-state index contributed by atoms with van der Waals surface area (Å²) in [5, 5.41) is 0. The van der Waals surface area contributed by atoms with E-state index in [-0.39, 0.29) is 0 Å². The van der Waals surface area contributed by atoms with E-state index in [1.807, 2.05) is 0 Å². The van der Waals surface area contributed by atoms with Crippen LogP contribution in [-0.2, 0) is 0 Å². The van der Waals surface area contributed by atoms with Gasteiger partial charge in [0, 0.05) is 0 Å². The van der Waals surface area contributed by atoms with Crippen molar-refractivity contribution in [3.8, 4) is 0 Å². The van der Waals surface area contributed by atoms with Crippen molar-refractivity contribution in [3.05, 3.63) is 35.5 Å². The second kappa shape index (κ2) is 8.33. The second-order valence-electron chi connectivity index (χ2n) is 5.63. The lowest BCUT2D eigenvalue weighted by Crippen LogP contribution is -2.07. The molecule has 0 unspecified atom stereocenters. The zero-order valence-electron chi connectivity index (χ0n) is 12.6. The van der Waals surface area contributed by atoms with E-state index in [0.717, 1.165) is 0 Å². The fourth-order valence-corrected chi connectivity index (χ4v) is 1.54. The number of hydrogen-bond donors (Lipinski definition) is 0. The van der Waals surface area contributed by atoms with Crippen LogP contribution in [0.5, 0.6) is 0 Å².